The quantitative estimate of drug-likeness (QED) is 0.583. The van der Waals surface area contributed by atoms with Crippen molar-refractivity contribution >= 4 is 21.8 Å². The lowest BCUT2D eigenvalue weighted by Crippen LogP contribution is -2.14. The number of rotatable bonds is 7. The number of aromatic nitrogens is 2. The van der Waals surface area contributed by atoms with Crippen molar-refractivity contribution in [3.05, 3.63) is 59.9 Å². The molecule has 0 saturated heterocycles. The molecule has 0 aliphatic carbocycles. The maximum Gasteiger partial charge on any atom is 0.322 e. The molecule has 29 heavy (non-hydrogen) atoms. The number of anilines is 1. The number of hydrogen-bond donors (Lipinski definition) is 1. The van der Waals surface area contributed by atoms with Crippen molar-refractivity contribution in [2.45, 2.75) is 17.7 Å². The zero-order valence-electron chi connectivity index (χ0n) is 14.7. The van der Waals surface area contributed by atoms with Gasteiger partial charge in [0, 0.05) is 12.5 Å². The van der Waals surface area contributed by atoms with E-state index in [0.29, 0.717) is 6.07 Å². The SMILES string of the molecule is O=C(CCCS(=O)(=O)c1ccc(F)cc1)Nc1nnc(-c2ccc(F)cc2F)o1. The average molecular weight is 425 g/mol. The van der Waals surface area contributed by atoms with Crippen LogP contribution in [0.25, 0.3) is 11.5 Å². The summed E-state index contributed by atoms with van der Waals surface area (Å²) in [4.78, 5) is 11.9. The van der Waals surface area contributed by atoms with Gasteiger partial charge >= 0.3 is 6.01 Å². The van der Waals surface area contributed by atoms with E-state index in [1.165, 1.54) is 0 Å². The Morgan fingerprint density at radius 2 is 1.69 bits per heavy atom. The standard InChI is InChI=1S/C18H14F3N3O4S/c19-11-3-6-13(7-4-11)29(26,27)9-1-2-16(25)22-18-24-23-17(28-18)14-8-5-12(20)10-15(14)21/h3-8,10H,1-2,9H2,(H,22,24,25). The molecule has 11 heteroatoms. The Bertz CT molecular complexity index is 1130. The van der Waals surface area contributed by atoms with Crippen LogP contribution in [-0.4, -0.2) is 30.3 Å². The van der Waals surface area contributed by atoms with E-state index >= 15 is 0 Å². The summed E-state index contributed by atoms with van der Waals surface area (Å²) in [5.41, 5.74) is -0.134. The van der Waals surface area contributed by atoms with Crippen LogP contribution in [0.15, 0.2) is 51.8 Å². The second kappa shape index (κ2) is 8.43. The molecular weight excluding hydrogens is 411 g/mol. The third kappa shape index (κ3) is 5.19. The molecule has 0 saturated carbocycles. The summed E-state index contributed by atoms with van der Waals surface area (Å²) in [7, 11) is -3.66. The third-order valence-electron chi connectivity index (χ3n) is 3.82. The van der Waals surface area contributed by atoms with Crippen LogP contribution in [0.1, 0.15) is 12.8 Å². The Hall–Kier alpha value is -3.21. The predicted molar refractivity (Wildman–Crippen MR) is 96.0 cm³/mol. The summed E-state index contributed by atoms with van der Waals surface area (Å²) >= 11 is 0. The molecule has 1 N–H and O–H groups in total. The number of sulfone groups is 1. The molecule has 7 nitrogen and oxygen atoms in total. The fourth-order valence-electron chi connectivity index (χ4n) is 2.41. The van der Waals surface area contributed by atoms with E-state index in [9.17, 15) is 26.4 Å². The largest absolute Gasteiger partial charge is 0.403 e. The lowest BCUT2D eigenvalue weighted by atomic mass is 10.2. The molecule has 0 aliphatic rings. The topological polar surface area (TPSA) is 102 Å². The monoisotopic (exact) mass is 425 g/mol. The summed E-state index contributed by atoms with van der Waals surface area (Å²) < 4.78 is 68.9. The Morgan fingerprint density at radius 3 is 2.38 bits per heavy atom. The van der Waals surface area contributed by atoms with Crippen LogP contribution >= 0.6 is 0 Å². The Labute approximate surface area is 163 Å². The minimum atomic E-state index is -3.66. The van der Waals surface area contributed by atoms with Gasteiger partial charge in [-0.05, 0) is 42.8 Å². The second-order valence-electron chi connectivity index (χ2n) is 5.96. The van der Waals surface area contributed by atoms with Gasteiger partial charge in [0.2, 0.25) is 5.91 Å². The molecule has 152 valence electrons. The van der Waals surface area contributed by atoms with E-state index in [0.717, 1.165) is 36.4 Å². The fourth-order valence-corrected chi connectivity index (χ4v) is 3.72. The zero-order valence-corrected chi connectivity index (χ0v) is 15.5. The van der Waals surface area contributed by atoms with Crippen molar-refractivity contribution in [3.63, 3.8) is 0 Å². The van der Waals surface area contributed by atoms with Gasteiger partial charge in [0.25, 0.3) is 5.89 Å². The normalized spacial score (nSPS) is 11.4. The molecule has 3 rings (SSSR count). The number of halogens is 3. The molecule has 0 bridgehead atoms. The summed E-state index contributed by atoms with van der Waals surface area (Å²) in [6, 6.07) is 6.85. The highest BCUT2D eigenvalue weighted by molar-refractivity contribution is 7.91. The lowest BCUT2D eigenvalue weighted by Gasteiger charge is -2.04. The third-order valence-corrected chi connectivity index (χ3v) is 5.64. The van der Waals surface area contributed by atoms with E-state index in [4.69, 9.17) is 4.42 Å². The van der Waals surface area contributed by atoms with Crippen LogP contribution in [0, 0.1) is 17.5 Å². The van der Waals surface area contributed by atoms with Crippen molar-refractivity contribution in [1.29, 1.82) is 0 Å². The lowest BCUT2D eigenvalue weighted by molar-refractivity contribution is -0.116. The van der Waals surface area contributed by atoms with Gasteiger partial charge in [0.15, 0.2) is 9.84 Å². The predicted octanol–water partition coefficient (Wildman–Crippen LogP) is 3.35. The van der Waals surface area contributed by atoms with Gasteiger partial charge in [-0.1, -0.05) is 5.10 Å². The molecule has 1 aromatic heterocycles. The molecule has 0 radical (unpaired) electrons. The number of carbonyl (C=O) groups excluding carboxylic acids is 1. The first-order valence-electron chi connectivity index (χ1n) is 8.32. The van der Waals surface area contributed by atoms with Crippen LogP contribution in [-0.2, 0) is 14.6 Å². The van der Waals surface area contributed by atoms with Gasteiger partial charge in [-0.3, -0.25) is 10.1 Å². The van der Waals surface area contributed by atoms with Gasteiger partial charge in [-0.2, -0.15) is 0 Å². The molecule has 0 atom stereocenters. The van der Waals surface area contributed by atoms with E-state index in [-0.39, 0.29) is 41.0 Å². The average Bonchev–Trinajstić information content (AvgIpc) is 3.10. The minimum Gasteiger partial charge on any atom is -0.403 e. The van der Waals surface area contributed by atoms with E-state index in [2.05, 4.69) is 15.5 Å². The summed E-state index contributed by atoms with van der Waals surface area (Å²) in [5, 5.41) is 9.40. The highest BCUT2D eigenvalue weighted by Crippen LogP contribution is 2.23. The molecule has 0 spiro atoms. The first-order chi connectivity index (χ1) is 13.7. The van der Waals surface area contributed by atoms with E-state index in [1.807, 2.05) is 0 Å². The van der Waals surface area contributed by atoms with Crippen LogP contribution < -0.4 is 5.32 Å². The van der Waals surface area contributed by atoms with Gasteiger partial charge in [0.05, 0.1) is 16.2 Å². The van der Waals surface area contributed by atoms with Crippen LogP contribution in [0.2, 0.25) is 0 Å². The maximum atomic E-state index is 13.7. The second-order valence-corrected chi connectivity index (χ2v) is 8.07. The van der Waals surface area contributed by atoms with Crippen LogP contribution in [0.5, 0.6) is 0 Å². The highest BCUT2D eigenvalue weighted by atomic mass is 32.2. The first-order valence-corrected chi connectivity index (χ1v) is 9.97. The molecule has 1 heterocycles. The van der Waals surface area contributed by atoms with Crippen molar-refractivity contribution < 1.29 is 30.8 Å². The van der Waals surface area contributed by atoms with Crippen molar-refractivity contribution in [2.75, 3.05) is 11.1 Å². The molecule has 0 aliphatic heterocycles. The maximum absolute atomic E-state index is 13.7. The van der Waals surface area contributed by atoms with Gasteiger partial charge in [-0.25, -0.2) is 21.6 Å². The van der Waals surface area contributed by atoms with Gasteiger partial charge in [0.1, 0.15) is 17.5 Å². The smallest absolute Gasteiger partial charge is 0.322 e. The van der Waals surface area contributed by atoms with E-state index in [1.54, 1.807) is 0 Å². The minimum absolute atomic E-state index is 0.000865. The fraction of sp³-hybridized carbons (Fsp3) is 0.167. The Kier molecular flexibility index (Phi) is 5.97. The summed E-state index contributed by atoms with van der Waals surface area (Å²) in [6.07, 6.45) is -0.165. The van der Waals surface area contributed by atoms with Crippen molar-refractivity contribution in [3.8, 4) is 11.5 Å². The number of nitrogens with zero attached hydrogens (tertiary/aromatic N) is 2. The summed E-state index contributed by atoms with van der Waals surface area (Å²) in [6.45, 7) is 0. The van der Waals surface area contributed by atoms with Crippen molar-refractivity contribution in [2.24, 2.45) is 0 Å². The molecule has 2 aromatic carbocycles. The van der Waals surface area contributed by atoms with Crippen LogP contribution in [0.3, 0.4) is 0 Å². The number of benzene rings is 2. The van der Waals surface area contributed by atoms with Crippen LogP contribution in [0.4, 0.5) is 19.2 Å². The van der Waals surface area contributed by atoms with Gasteiger partial charge < -0.3 is 4.42 Å². The Morgan fingerprint density at radius 1 is 1.00 bits per heavy atom. The highest BCUT2D eigenvalue weighted by Gasteiger charge is 2.17. The Balaban J connectivity index is 1.55. The van der Waals surface area contributed by atoms with Gasteiger partial charge in [-0.15, -0.1) is 5.10 Å². The molecule has 3 aromatic rings. The molecular formula is C18H14F3N3O4S. The first kappa shape index (κ1) is 20.5. The van der Waals surface area contributed by atoms with Crippen molar-refractivity contribution in [1.82, 2.24) is 10.2 Å². The summed E-state index contributed by atoms with van der Waals surface area (Å²) in [5.74, 6) is -3.39. The number of amides is 1. The number of carbonyl (C=O) groups is 1. The molecule has 1 amide bonds. The molecule has 0 fully saturated rings. The number of nitrogens with one attached hydrogen (secondary N) is 1. The van der Waals surface area contributed by atoms with E-state index < -0.39 is 33.2 Å². The molecule has 0 unspecified atom stereocenters. The number of hydrogen-bond acceptors (Lipinski definition) is 6. The zero-order chi connectivity index (χ0) is 21.0.